The van der Waals surface area contributed by atoms with Crippen LogP contribution in [0.2, 0.25) is 0 Å². The summed E-state index contributed by atoms with van der Waals surface area (Å²) in [5, 5.41) is 2.60. The number of nitrogens with zero attached hydrogens (tertiary/aromatic N) is 1. The molecular weight excluding hydrogens is 256 g/mol. The van der Waals surface area contributed by atoms with Gasteiger partial charge in [-0.15, -0.1) is 11.3 Å². The fourth-order valence-electron chi connectivity index (χ4n) is 1.81. The molecule has 3 nitrogen and oxygen atoms in total. The van der Waals surface area contributed by atoms with Crippen molar-refractivity contribution in [3.63, 3.8) is 0 Å². The Balaban J connectivity index is 2.13. The van der Waals surface area contributed by atoms with Gasteiger partial charge in [0.1, 0.15) is 10.7 Å². The maximum absolute atomic E-state index is 12.1. The van der Waals surface area contributed by atoms with Crippen molar-refractivity contribution in [2.75, 3.05) is 0 Å². The lowest BCUT2D eigenvalue weighted by Crippen LogP contribution is -2.07. The van der Waals surface area contributed by atoms with E-state index in [4.69, 9.17) is 5.73 Å². The molecule has 1 aromatic carbocycles. The maximum Gasteiger partial charge on any atom is 0.186 e. The molecule has 100 valence electrons. The molecule has 1 atom stereocenters. The average Bonchev–Trinajstić information content (AvgIpc) is 2.83. The monoisotopic (exact) mass is 274 g/mol. The Morgan fingerprint density at radius 2 is 2.11 bits per heavy atom. The standard InChI is InChI=1S/C15H18N2OS/c1-9-4-5-12(6-10(9)2)7-14(18)13-8-19-15(17-13)11(3)16/h4-6,8,11H,7,16H2,1-3H3. The molecule has 2 rings (SSSR count). The summed E-state index contributed by atoms with van der Waals surface area (Å²) < 4.78 is 0. The number of aromatic nitrogens is 1. The van der Waals surface area contributed by atoms with Gasteiger partial charge in [-0.25, -0.2) is 4.98 Å². The number of rotatable bonds is 4. The topological polar surface area (TPSA) is 56.0 Å². The quantitative estimate of drug-likeness (QED) is 0.871. The Bertz CT molecular complexity index is 602. The molecule has 0 aliphatic heterocycles. The minimum absolute atomic E-state index is 0.0476. The molecule has 0 radical (unpaired) electrons. The van der Waals surface area contributed by atoms with Crippen LogP contribution in [0, 0.1) is 13.8 Å². The van der Waals surface area contributed by atoms with Crippen molar-refractivity contribution in [2.24, 2.45) is 5.73 Å². The average molecular weight is 274 g/mol. The SMILES string of the molecule is Cc1ccc(CC(=O)c2csc(C(C)N)n2)cc1C. The summed E-state index contributed by atoms with van der Waals surface area (Å²) in [6, 6.07) is 5.99. The largest absolute Gasteiger partial charge is 0.322 e. The van der Waals surface area contributed by atoms with Crippen LogP contribution < -0.4 is 5.73 Å². The number of benzene rings is 1. The molecule has 0 bridgehead atoms. The second-order valence-electron chi connectivity index (χ2n) is 4.88. The lowest BCUT2D eigenvalue weighted by molar-refractivity contribution is 0.0988. The number of carbonyl (C=O) groups excluding carboxylic acids is 1. The van der Waals surface area contributed by atoms with Crippen LogP contribution in [0.1, 0.15) is 45.2 Å². The Labute approximate surface area is 117 Å². The zero-order valence-corrected chi connectivity index (χ0v) is 12.3. The zero-order chi connectivity index (χ0) is 14.0. The predicted molar refractivity (Wildman–Crippen MR) is 78.7 cm³/mol. The van der Waals surface area contributed by atoms with Gasteiger partial charge in [0.15, 0.2) is 5.78 Å². The fourth-order valence-corrected chi connectivity index (χ4v) is 2.60. The summed E-state index contributed by atoms with van der Waals surface area (Å²) in [5.41, 5.74) is 9.76. The van der Waals surface area contributed by atoms with E-state index in [0.717, 1.165) is 10.6 Å². The molecule has 19 heavy (non-hydrogen) atoms. The van der Waals surface area contributed by atoms with E-state index in [1.54, 1.807) is 5.38 Å². The van der Waals surface area contributed by atoms with Crippen molar-refractivity contribution in [2.45, 2.75) is 33.2 Å². The number of Topliss-reactive ketones (excluding diaryl/α,β-unsaturated/α-hetero) is 1. The molecule has 1 aromatic heterocycles. The minimum Gasteiger partial charge on any atom is -0.322 e. The van der Waals surface area contributed by atoms with Gasteiger partial charge in [-0.3, -0.25) is 4.79 Å². The summed E-state index contributed by atoms with van der Waals surface area (Å²) in [7, 11) is 0. The van der Waals surface area contributed by atoms with Crippen molar-refractivity contribution in [1.29, 1.82) is 0 Å². The molecule has 1 unspecified atom stereocenters. The first-order chi connectivity index (χ1) is 8.97. The number of hydrogen-bond acceptors (Lipinski definition) is 4. The third kappa shape index (κ3) is 3.28. The van der Waals surface area contributed by atoms with Crippen LogP contribution in [0.15, 0.2) is 23.6 Å². The Morgan fingerprint density at radius 1 is 1.37 bits per heavy atom. The highest BCUT2D eigenvalue weighted by Gasteiger charge is 2.13. The van der Waals surface area contributed by atoms with Gasteiger partial charge in [0.05, 0.1) is 6.04 Å². The summed E-state index contributed by atoms with van der Waals surface area (Å²) in [6.45, 7) is 5.99. The predicted octanol–water partition coefficient (Wildman–Crippen LogP) is 3.21. The van der Waals surface area contributed by atoms with Gasteiger partial charge in [0.25, 0.3) is 0 Å². The summed E-state index contributed by atoms with van der Waals surface area (Å²) in [5.74, 6) is 0.0476. The van der Waals surface area contributed by atoms with Crippen molar-refractivity contribution in [3.8, 4) is 0 Å². The molecule has 2 aromatic rings. The summed E-state index contributed by atoms with van der Waals surface area (Å²) in [4.78, 5) is 16.4. The van der Waals surface area contributed by atoms with Gasteiger partial charge < -0.3 is 5.73 Å². The zero-order valence-electron chi connectivity index (χ0n) is 11.4. The van der Waals surface area contributed by atoms with E-state index in [2.05, 4.69) is 24.9 Å². The number of aryl methyl sites for hydroxylation is 2. The van der Waals surface area contributed by atoms with Crippen LogP contribution in [0.25, 0.3) is 0 Å². The van der Waals surface area contributed by atoms with Gasteiger partial charge in [-0.05, 0) is 37.5 Å². The number of ketones is 1. The van der Waals surface area contributed by atoms with Crippen molar-refractivity contribution >= 4 is 17.1 Å². The number of carbonyl (C=O) groups is 1. The molecule has 0 spiro atoms. The first-order valence-electron chi connectivity index (χ1n) is 6.27. The van der Waals surface area contributed by atoms with Gasteiger partial charge in [0, 0.05) is 11.8 Å². The second-order valence-corrected chi connectivity index (χ2v) is 5.77. The van der Waals surface area contributed by atoms with E-state index in [1.165, 1.54) is 22.5 Å². The molecule has 2 N–H and O–H groups in total. The minimum atomic E-state index is -0.117. The molecule has 0 saturated heterocycles. The van der Waals surface area contributed by atoms with Gasteiger partial charge in [0.2, 0.25) is 0 Å². The molecule has 0 amide bonds. The number of nitrogens with two attached hydrogens (primary N) is 1. The number of hydrogen-bond donors (Lipinski definition) is 1. The Kier molecular flexibility index (Phi) is 4.12. The molecule has 0 aliphatic carbocycles. The van der Waals surface area contributed by atoms with Crippen LogP contribution in [0.5, 0.6) is 0 Å². The fraction of sp³-hybridized carbons (Fsp3) is 0.333. The van der Waals surface area contributed by atoms with E-state index in [1.807, 2.05) is 19.1 Å². The molecule has 0 fully saturated rings. The van der Waals surface area contributed by atoms with Crippen LogP contribution >= 0.6 is 11.3 Å². The van der Waals surface area contributed by atoms with Crippen molar-refractivity contribution in [1.82, 2.24) is 4.98 Å². The van der Waals surface area contributed by atoms with Gasteiger partial charge in [-0.1, -0.05) is 18.2 Å². The van der Waals surface area contributed by atoms with Crippen molar-refractivity contribution in [3.05, 3.63) is 51.0 Å². The Hall–Kier alpha value is -1.52. The molecular formula is C15H18N2OS. The van der Waals surface area contributed by atoms with E-state index < -0.39 is 0 Å². The maximum atomic E-state index is 12.1. The third-order valence-corrected chi connectivity index (χ3v) is 4.18. The molecule has 1 heterocycles. The van der Waals surface area contributed by atoms with E-state index in [0.29, 0.717) is 12.1 Å². The third-order valence-electron chi connectivity index (χ3n) is 3.13. The van der Waals surface area contributed by atoms with Crippen LogP contribution in [-0.4, -0.2) is 10.8 Å². The lowest BCUT2D eigenvalue weighted by atomic mass is 10.0. The van der Waals surface area contributed by atoms with E-state index >= 15 is 0 Å². The second kappa shape index (κ2) is 5.63. The summed E-state index contributed by atoms with van der Waals surface area (Å²) >= 11 is 1.45. The normalized spacial score (nSPS) is 12.4. The molecule has 4 heteroatoms. The van der Waals surface area contributed by atoms with Crippen LogP contribution in [-0.2, 0) is 6.42 Å². The summed E-state index contributed by atoms with van der Waals surface area (Å²) in [6.07, 6.45) is 0.392. The lowest BCUT2D eigenvalue weighted by Gasteiger charge is -2.04. The Morgan fingerprint density at radius 3 is 2.68 bits per heavy atom. The number of thiazole rings is 1. The van der Waals surface area contributed by atoms with E-state index in [-0.39, 0.29) is 11.8 Å². The van der Waals surface area contributed by atoms with Crippen LogP contribution in [0.3, 0.4) is 0 Å². The highest BCUT2D eigenvalue weighted by Crippen LogP contribution is 2.18. The first kappa shape index (κ1) is 13.9. The van der Waals surface area contributed by atoms with Gasteiger partial charge >= 0.3 is 0 Å². The van der Waals surface area contributed by atoms with Gasteiger partial charge in [-0.2, -0.15) is 0 Å². The van der Waals surface area contributed by atoms with E-state index in [9.17, 15) is 4.79 Å². The van der Waals surface area contributed by atoms with Crippen LogP contribution in [0.4, 0.5) is 0 Å². The smallest absolute Gasteiger partial charge is 0.186 e. The highest BCUT2D eigenvalue weighted by molar-refractivity contribution is 7.09. The van der Waals surface area contributed by atoms with Crippen molar-refractivity contribution < 1.29 is 4.79 Å². The molecule has 0 saturated carbocycles. The first-order valence-corrected chi connectivity index (χ1v) is 7.15. The highest BCUT2D eigenvalue weighted by atomic mass is 32.1. The molecule has 0 aliphatic rings.